The molecule has 0 fully saturated rings. The Morgan fingerprint density at radius 1 is 0.929 bits per heavy atom. The molecule has 0 bridgehead atoms. The van der Waals surface area contributed by atoms with E-state index in [1.165, 1.54) is 11.3 Å². The van der Waals surface area contributed by atoms with Gasteiger partial charge in [0.15, 0.2) is 5.82 Å². The third-order valence-corrected chi connectivity index (χ3v) is 4.91. The second kappa shape index (κ2) is 8.10. The quantitative estimate of drug-likeness (QED) is 0.473. The van der Waals surface area contributed by atoms with Gasteiger partial charge in [-0.2, -0.15) is 9.61 Å². The number of rotatable bonds is 7. The maximum atomic E-state index is 5.78. The molecule has 0 saturated carbocycles. The third-order valence-electron chi connectivity index (χ3n) is 4.04. The summed E-state index contributed by atoms with van der Waals surface area (Å²) in [7, 11) is 3.29. The summed E-state index contributed by atoms with van der Waals surface area (Å²) in [4.78, 5) is 0.716. The van der Waals surface area contributed by atoms with Crippen LogP contribution in [0.4, 0.5) is 0 Å². The van der Waals surface area contributed by atoms with Crippen molar-refractivity contribution in [2.24, 2.45) is 0 Å². The summed E-state index contributed by atoms with van der Waals surface area (Å²) < 4.78 is 18.0. The maximum Gasteiger partial charge on any atom is 0.235 e. The molecule has 2 aromatic carbocycles. The number of ether oxygens (including phenoxy) is 3. The first-order valence-corrected chi connectivity index (χ1v) is 9.37. The topological polar surface area (TPSA) is 70.8 Å². The molecule has 0 saturated heterocycles. The highest BCUT2D eigenvalue weighted by atomic mass is 32.1. The molecule has 8 heteroatoms. The molecule has 0 radical (unpaired) electrons. The summed E-state index contributed by atoms with van der Waals surface area (Å²) in [5.74, 6) is 2.96. The van der Waals surface area contributed by atoms with Crippen molar-refractivity contribution in [3.8, 4) is 17.2 Å². The van der Waals surface area contributed by atoms with E-state index in [0.29, 0.717) is 10.8 Å². The van der Waals surface area contributed by atoms with Crippen molar-refractivity contribution < 1.29 is 14.2 Å². The molecule has 0 aliphatic carbocycles. The predicted molar refractivity (Wildman–Crippen MR) is 108 cm³/mol. The van der Waals surface area contributed by atoms with Crippen molar-refractivity contribution in [3.63, 3.8) is 0 Å². The first-order valence-electron chi connectivity index (χ1n) is 8.56. The number of hydrogen-bond acceptors (Lipinski definition) is 7. The van der Waals surface area contributed by atoms with Crippen molar-refractivity contribution in [1.29, 1.82) is 0 Å². The van der Waals surface area contributed by atoms with Gasteiger partial charge in [-0.3, -0.25) is 0 Å². The summed E-state index contributed by atoms with van der Waals surface area (Å²) in [6, 6.07) is 15.2. The lowest BCUT2D eigenvalue weighted by atomic mass is 10.2. The lowest BCUT2D eigenvalue weighted by Gasteiger charge is -2.05. The van der Waals surface area contributed by atoms with E-state index in [0.717, 1.165) is 27.8 Å². The van der Waals surface area contributed by atoms with Crippen LogP contribution >= 0.6 is 11.3 Å². The van der Waals surface area contributed by atoms with Gasteiger partial charge in [0, 0.05) is 5.56 Å². The zero-order chi connectivity index (χ0) is 19.3. The molecule has 4 aromatic rings. The number of hydrogen-bond donors (Lipinski definition) is 0. The van der Waals surface area contributed by atoms with Crippen LogP contribution in [-0.4, -0.2) is 34.0 Å². The fraction of sp³-hybridized carbons (Fsp3) is 0.150. The highest BCUT2D eigenvalue weighted by Crippen LogP contribution is 2.22. The van der Waals surface area contributed by atoms with Crippen LogP contribution in [0.3, 0.4) is 0 Å². The van der Waals surface area contributed by atoms with Gasteiger partial charge in [-0.25, -0.2) is 0 Å². The van der Waals surface area contributed by atoms with E-state index in [1.807, 2.05) is 60.7 Å². The minimum Gasteiger partial charge on any atom is -0.497 e. The lowest BCUT2D eigenvalue weighted by molar-refractivity contribution is 0.292. The summed E-state index contributed by atoms with van der Waals surface area (Å²) in [6.07, 6.45) is 3.91. The van der Waals surface area contributed by atoms with Gasteiger partial charge in [0.05, 0.1) is 14.2 Å². The molecular weight excluding hydrogens is 376 g/mol. The average Bonchev–Trinajstić information content (AvgIpc) is 3.32. The van der Waals surface area contributed by atoms with E-state index in [-0.39, 0.29) is 6.61 Å². The van der Waals surface area contributed by atoms with E-state index < -0.39 is 0 Å². The molecule has 2 heterocycles. The number of methoxy groups -OCH3 is 2. The van der Waals surface area contributed by atoms with E-state index >= 15 is 0 Å². The lowest BCUT2D eigenvalue weighted by Crippen LogP contribution is -2.02. The summed E-state index contributed by atoms with van der Waals surface area (Å²) >= 11 is 1.46. The second-order valence-corrected chi connectivity index (χ2v) is 6.78. The van der Waals surface area contributed by atoms with Crippen LogP contribution in [0.2, 0.25) is 0 Å². The molecule has 0 spiro atoms. The maximum absolute atomic E-state index is 5.78. The first-order chi connectivity index (χ1) is 13.8. The van der Waals surface area contributed by atoms with Crippen LogP contribution in [0.5, 0.6) is 17.2 Å². The van der Waals surface area contributed by atoms with E-state index in [2.05, 4.69) is 15.3 Å². The monoisotopic (exact) mass is 394 g/mol. The van der Waals surface area contributed by atoms with Crippen LogP contribution in [-0.2, 0) is 6.61 Å². The summed E-state index contributed by atoms with van der Waals surface area (Å²) in [6.45, 7) is 0.271. The van der Waals surface area contributed by atoms with Crippen LogP contribution < -0.4 is 14.2 Å². The highest BCUT2D eigenvalue weighted by Gasteiger charge is 2.11. The average molecular weight is 394 g/mol. The first kappa shape index (κ1) is 18.0. The molecule has 7 nitrogen and oxygen atoms in total. The minimum absolute atomic E-state index is 0.271. The Hall–Kier alpha value is -3.39. The van der Waals surface area contributed by atoms with Crippen LogP contribution in [0, 0.1) is 0 Å². The van der Waals surface area contributed by atoms with Crippen LogP contribution in [0.25, 0.3) is 17.1 Å². The van der Waals surface area contributed by atoms with Gasteiger partial charge < -0.3 is 14.2 Å². The molecule has 28 heavy (non-hydrogen) atoms. The molecule has 0 unspecified atom stereocenters. The number of benzene rings is 2. The van der Waals surface area contributed by atoms with Gasteiger partial charge in [-0.1, -0.05) is 29.5 Å². The Labute approximate surface area is 165 Å². The van der Waals surface area contributed by atoms with E-state index in [9.17, 15) is 0 Å². The Balaban J connectivity index is 1.49. The molecule has 0 amide bonds. The number of fused-ring (bicyclic) bond motifs is 1. The van der Waals surface area contributed by atoms with Crippen molar-refractivity contribution >= 4 is 28.4 Å². The van der Waals surface area contributed by atoms with Gasteiger partial charge in [0.1, 0.15) is 28.9 Å². The Bertz CT molecular complexity index is 1100. The molecule has 142 valence electrons. The molecule has 0 aliphatic heterocycles. The second-order valence-electron chi connectivity index (χ2n) is 5.79. The number of aromatic nitrogens is 4. The van der Waals surface area contributed by atoms with Crippen LogP contribution in [0.1, 0.15) is 16.4 Å². The fourth-order valence-corrected chi connectivity index (χ4v) is 3.37. The molecule has 0 aliphatic rings. The van der Waals surface area contributed by atoms with Crippen molar-refractivity contribution in [2.75, 3.05) is 14.2 Å². The van der Waals surface area contributed by atoms with Gasteiger partial charge >= 0.3 is 0 Å². The SMILES string of the molecule is COc1ccc(OCc2nnc3sc(/C=C\c4ccccc4OC)nn23)cc1. The molecular formula is C20H18N4O3S. The van der Waals surface area contributed by atoms with Gasteiger partial charge in [0.25, 0.3) is 0 Å². The van der Waals surface area contributed by atoms with Gasteiger partial charge in [0.2, 0.25) is 4.96 Å². The van der Waals surface area contributed by atoms with Crippen molar-refractivity contribution in [1.82, 2.24) is 19.8 Å². The Morgan fingerprint density at radius 3 is 2.50 bits per heavy atom. The molecule has 0 N–H and O–H groups in total. The number of nitrogens with zero attached hydrogens (tertiary/aromatic N) is 4. The third kappa shape index (κ3) is 3.81. The normalized spacial score (nSPS) is 11.2. The number of para-hydroxylation sites is 1. The summed E-state index contributed by atoms with van der Waals surface area (Å²) in [5.41, 5.74) is 0.985. The fourth-order valence-electron chi connectivity index (χ4n) is 2.61. The zero-order valence-electron chi connectivity index (χ0n) is 15.4. The highest BCUT2D eigenvalue weighted by molar-refractivity contribution is 7.17. The smallest absolute Gasteiger partial charge is 0.235 e. The Morgan fingerprint density at radius 2 is 1.71 bits per heavy atom. The molecule has 0 atom stereocenters. The Kier molecular flexibility index (Phi) is 5.20. The van der Waals surface area contributed by atoms with Crippen molar-refractivity contribution in [3.05, 3.63) is 64.9 Å². The van der Waals surface area contributed by atoms with Crippen molar-refractivity contribution in [2.45, 2.75) is 6.61 Å². The zero-order valence-corrected chi connectivity index (χ0v) is 16.2. The van der Waals surface area contributed by atoms with Gasteiger partial charge in [-0.15, -0.1) is 10.2 Å². The summed E-state index contributed by atoms with van der Waals surface area (Å²) in [5, 5.41) is 13.7. The standard InChI is InChI=1S/C20H18N4O3S/c1-25-15-8-10-16(11-9-15)27-13-18-21-22-20-24(18)23-19(28-20)12-7-14-5-3-4-6-17(14)26-2/h3-12H,13H2,1-2H3/b12-7-. The van der Waals surface area contributed by atoms with Gasteiger partial charge in [-0.05, 0) is 42.5 Å². The van der Waals surface area contributed by atoms with E-state index in [4.69, 9.17) is 14.2 Å². The van der Waals surface area contributed by atoms with Crippen LogP contribution in [0.15, 0.2) is 48.5 Å². The largest absolute Gasteiger partial charge is 0.497 e. The molecule has 2 aromatic heterocycles. The predicted octanol–water partition coefficient (Wildman–Crippen LogP) is 3.95. The van der Waals surface area contributed by atoms with E-state index in [1.54, 1.807) is 18.7 Å². The molecule has 4 rings (SSSR count). The minimum atomic E-state index is 0.271.